The van der Waals surface area contributed by atoms with Crippen molar-refractivity contribution < 1.29 is 4.42 Å². The summed E-state index contributed by atoms with van der Waals surface area (Å²) in [5, 5.41) is 3.85. The van der Waals surface area contributed by atoms with Crippen molar-refractivity contribution >= 4 is 43.9 Å². The van der Waals surface area contributed by atoms with Crippen LogP contribution in [0.25, 0.3) is 95.2 Å². The largest absolute Gasteiger partial charge is 0.435 e. The van der Waals surface area contributed by atoms with Gasteiger partial charge in [0.15, 0.2) is 23.1 Å². The average Bonchev–Trinajstić information content (AvgIpc) is 3.75. The van der Waals surface area contributed by atoms with Crippen molar-refractivity contribution in [3.8, 4) is 51.4 Å². The zero-order valence-electron chi connectivity index (χ0n) is 26.6. The Hall–Kier alpha value is -6.99. The molecular weight excluding hydrogens is 617 g/mol. The lowest BCUT2D eigenvalue weighted by Crippen LogP contribution is -2.06. The van der Waals surface area contributed by atoms with E-state index in [2.05, 4.69) is 47.0 Å². The molecule has 0 aliphatic carbocycles. The van der Waals surface area contributed by atoms with Gasteiger partial charge in [-0.15, -0.1) is 0 Å². The van der Waals surface area contributed by atoms with Gasteiger partial charge in [-0.3, -0.25) is 4.57 Å². The van der Waals surface area contributed by atoms with E-state index >= 15 is 0 Å². The van der Waals surface area contributed by atoms with E-state index in [-0.39, 0.29) is 0 Å². The van der Waals surface area contributed by atoms with E-state index in [0.29, 0.717) is 34.7 Å². The van der Waals surface area contributed by atoms with E-state index in [4.69, 9.17) is 29.3 Å². The number of aromatic nitrogens is 6. The number of nitrogens with zero attached hydrogens (tertiary/aromatic N) is 6. The van der Waals surface area contributed by atoms with Crippen LogP contribution in [0.2, 0.25) is 0 Å². The zero-order valence-corrected chi connectivity index (χ0v) is 26.6. The highest BCUT2D eigenvalue weighted by molar-refractivity contribution is 6.22. The molecule has 0 aliphatic heterocycles. The van der Waals surface area contributed by atoms with Crippen LogP contribution in [0.15, 0.2) is 162 Å². The monoisotopic (exact) mass is 642 g/mol. The fourth-order valence-electron chi connectivity index (χ4n) is 6.81. The molecule has 0 atom stereocenters. The summed E-state index contributed by atoms with van der Waals surface area (Å²) in [6, 6.07) is 52.9. The summed E-state index contributed by atoms with van der Waals surface area (Å²) in [7, 11) is 0. The smallest absolute Gasteiger partial charge is 0.238 e. The number of hydrogen-bond acceptors (Lipinski definition) is 6. The van der Waals surface area contributed by atoms with E-state index in [1.165, 1.54) is 0 Å². The Morgan fingerprint density at radius 3 is 1.50 bits per heavy atom. The molecule has 7 heteroatoms. The third-order valence-electron chi connectivity index (χ3n) is 9.10. The Labute approximate surface area is 286 Å². The first-order valence-corrected chi connectivity index (χ1v) is 16.4. The van der Waals surface area contributed by atoms with Crippen LogP contribution < -0.4 is 0 Å². The van der Waals surface area contributed by atoms with Crippen molar-refractivity contribution in [2.24, 2.45) is 0 Å². The zero-order chi connectivity index (χ0) is 33.0. The fraction of sp³-hybridized carbons (Fsp3) is 0. The van der Waals surface area contributed by atoms with Gasteiger partial charge in [-0.05, 0) is 12.1 Å². The molecule has 4 aromatic heterocycles. The van der Waals surface area contributed by atoms with Gasteiger partial charge in [0.05, 0.1) is 16.6 Å². The van der Waals surface area contributed by atoms with E-state index in [1.807, 2.05) is 115 Å². The fourth-order valence-corrected chi connectivity index (χ4v) is 6.81. The molecule has 0 N–H and O–H groups in total. The van der Waals surface area contributed by atoms with E-state index in [9.17, 15) is 0 Å². The van der Waals surface area contributed by atoms with Crippen molar-refractivity contribution in [2.75, 3.05) is 0 Å². The summed E-state index contributed by atoms with van der Waals surface area (Å²) >= 11 is 0. The topological polar surface area (TPSA) is 82.5 Å². The van der Waals surface area contributed by atoms with Crippen LogP contribution in [0.5, 0.6) is 0 Å². The highest BCUT2D eigenvalue weighted by atomic mass is 16.3. The number of hydrogen-bond donors (Lipinski definition) is 0. The maximum absolute atomic E-state index is 6.87. The van der Waals surface area contributed by atoms with Crippen LogP contribution in [0.1, 0.15) is 0 Å². The molecule has 10 aromatic rings. The minimum Gasteiger partial charge on any atom is -0.435 e. The number of rotatable bonds is 5. The van der Waals surface area contributed by atoms with Gasteiger partial charge >= 0.3 is 0 Å². The Bertz CT molecular complexity index is 2790. The minimum atomic E-state index is 0.496. The summed E-state index contributed by atoms with van der Waals surface area (Å²) in [5.74, 6) is 2.27. The second-order valence-electron chi connectivity index (χ2n) is 12.1. The van der Waals surface area contributed by atoms with Crippen molar-refractivity contribution in [1.82, 2.24) is 29.5 Å². The molecule has 234 valence electrons. The Morgan fingerprint density at radius 2 is 0.900 bits per heavy atom. The van der Waals surface area contributed by atoms with Gasteiger partial charge in [0, 0.05) is 38.4 Å². The molecule has 0 radical (unpaired) electrons. The molecule has 10 rings (SSSR count). The number of benzene rings is 6. The van der Waals surface area contributed by atoms with Gasteiger partial charge in [0.1, 0.15) is 5.52 Å². The first kappa shape index (κ1) is 28.1. The average molecular weight is 643 g/mol. The molecule has 0 amide bonds. The third-order valence-corrected chi connectivity index (χ3v) is 9.10. The van der Waals surface area contributed by atoms with E-state index in [1.54, 1.807) is 0 Å². The van der Waals surface area contributed by atoms with E-state index in [0.717, 1.165) is 60.5 Å². The summed E-state index contributed by atoms with van der Waals surface area (Å²) in [4.78, 5) is 25.4. The van der Waals surface area contributed by atoms with Crippen molar-refractivity contribution in [1.29, 1.82) is 0 Å². The quantitative estimate of drug-likeness (QED) is 0.186. The SMILES string of the molecule is c1ccc(-c2nc(-c3ccccc3)nc(-n3c4ccccc4c4ccc5c(oc6nc(-c7ccccc7)nc(-c7ccccc7)c65)c43)n2)cc1. The van der Waals surface area contributed by atoms with Gasteiger partial charge in [-0.25, -0.2) is 9.97 Å². The Morgan fingerprint density at radius 1 is 0.400 bits per heavy atom. The summed E-state index contributed by atoms with van der Waals surface area (Å²) in [6.45, 7) is 0. The maximum atomic E-state index is 6.87. The lowest BCUT2D eigenvalue weighted by Gasteiger charge is -2.11. The summed E-state index contributed by atoms with van der Waals surface area (Å²) < 4.78 is 8.97. The van der Waals surface area contributed by atoms with Crippen molar-refractivity contribution in [3.63, 3.8) is 0 Å². The number of furan rings is 1. The van der Waals surface area contributed by atoms with Gasteiger partial charge in [-0.2, -0.15) is 15.0 Å². The predicted octanol–water partition coefficient (Wildman–Crippen LogP) is 10.3. The second kappa shape index (κ2) is 11.3. The Balaban J connectivity index is 1.33. The first-order chi connectivity index (χ1) is 24.8. The molecule has 0 spiro atoms. The van der Waals surface area contributed by atoms with Crippen LogP contribution in [0.3, 0.4) is 0 Å². The van der Waals surface area contributed by atoms with Crippen LogP contribution in [-0.4, -0.2) is 29.5 Å². The highest BCUT2D eigenvalue weighted by Gasteiger charge is 2.24. The molecule has 0 saturated heterocycles. The van der Waals surface area contributed by atoms with Gasteiger partial charge in [0.25, 0.3) is 0 Å². The summed E-state index contributed by atoms with van der Waals surface area (Å²) in [5.41, 5.74) is 7.53. The third kappa shape index (κ3) is 4.48. The molecule has 50 heavy (non-hydrogen) atoms. The van der Waals surface area contributed by atoms with Crippen LogP contribution in [0.4, 0.5) is 0 Å². The highest BCUT2D eigenvalue weighted by Crippen LogP contribution is 2.42. The van der Waals surface area contributed by atoms with Gasteiger partial charge in [-0.1, -0.05) is 146 Å². The standard InChI is InChI=1S/C43H26N6O/c1-5-15-27(16-6-1)36-35-33-26-25-32-31-23-13-14-24-34(31)49(37(32)38(33)50-42(35)46-39(44-36)28-17-7-2-8-18-28)43-47-40(29-19-9-3-10-20-29)45-41(48-43)30-21-11-4-12-22-30/h1-26H. The molecule has 0 saturated carbocycles. The van der Waals surface area contributed by atoms with Crippen LogP contribution >= 0.6 is 0 Å². The molecule has 6 aromatic carbocycles. The molecule has 0 fully saturated rings. The molecular formula is C43H26N6O. The lowest BCUT2D eigenvalue weighted by atomic mass is 10.0. The van der Waals surface area contributed by atoms with Crippen molar-refractivity contribution in [2.45, 2.75) is 0 Å². The minimum absolute atomic E-state index is 0.496. The van der Waals surface area contributed by atoms with Gasteiger partial charge < -0.3 is 4.42 Å². The lowest BCUT2D eigenvalue weighted by molar-refractivity contribution is 0.655. The maximum Gasteiger partial charge on any atom is 0.238 e. The number of fused-ring (bicyclic) bond motifs is 7. The molecule has 7 nitrogen and oxygen atoms in total. The van der Waals surface area contributed by atoms with Crippen molar-refractivity contribution in [3.05, 3.63) is 158 Å². The van der Waals surface area contributed by atoms with Gasteiger partial charge in [0.2, 0.25) is 11.7 Å². The number of para-hydroxylation sites is 1. The molecule has 4 heterocycles. The summed E-state index contributed by atoms with van der Waals surface area (Å²) in [6.07, 6.45) is 0. The second-order valence-corrected chi connectivity index (χ2v) is 12.1. The Kier molecular flexibility index (Phi) is 6.35. The first-order valence-electron chi connectivity index (χ1n) is 16.4. The van der Waals surface area contributed by atoms with Crippen LogP contribution in [-0.2, 0) is 0 Å². The predicted molar refractivity (Wildman–Crippen MR) is 199 cm³/mol. The molecule has 0 bridgehead atoms. The van der Waals surface area contributed by atoms with Crippen LogP contribution in [0, 0.1) is 0 Å². The normalized spacial score (nSPS) is 11.6. The molecule has 0 aliphatic rings. The van der Waals surface area contributed by atoms with E-state index < -0.39 is 0 Å². The molecule has 0 unspecified atom stereocenters.